The van der Waals surface area contributed by atoms with Crippen LogP contribution in [0.15, 0.2) is 216 Å². The molecule has 4 aromatic carbocycles. The normalized spacial score (nSPS) is 26.3. The lowest BCUT2D eigenvalue weighted by Gasteiger charge is -2.34. The van der Waals surface area contributed by atoms with Crippen molar-refractivity contribution in [3.8, 4) is 0 Å². The van der Waals surface area contributed by atoms with Gasteiger partial charge in [-0.1, -0.05) is 158 Å². The van der Waals surface area contributed by atoms with Gasteiger partial charge in [0.05, 0.1) is 0 Å². The zero-order valence-electron chi connectivity index (χ0n) is 39.5. The van der Waals surface area contributed by atoms with Crippen molar-refractivity contribution in [3.05, 3.63) is 243 Å². The lowest BCUT2D eigenvalue weighted by atomic mass is 9.70. The predicted octanol–water partition coefficient (Wildman–Crippen LogP) is 17.3. The van der Waals surface area contributed by atoms with Gasteiger partial charge in [0, 0.05) is 17.8 Å². The quantitative estimate of drug-likeness (QED) is 0.122. The standard InChI is InChI=1S/C68H62/c1-5-21-45(22-6-1)55-29-13-17-33-59(55)49-37-53-38-50(60-34-18-14-30-56(60)46-23-7-2-8-24-46)43-65-66-44-52(62-36-20-16-32-58(62)48-27-11-4-12-28-48)40-54-39-51(42-64(68(54)66)63(41-49)67(53)65)61-35-19-15-31-57(61)47-25-9-3-10-26-47/h1-7,9,11-12,14-15,18-19,21,23,25,27,29-33,36-42,44-45,48,50,60-61H,8,10,13,16-17,20,22,24,26,28,34-35,43H2. The average Bonchev–Trinajstić information content (AvgIpc) is 3.42. The van der Waals surface area contributed by atoms with Gasteiger partial charge in [-0.3, -0.25) is 0 Å². The molecule has 0 fully saturated rings. The van der Waals surface area contributed by atoms with Gasteiger partial charge in [-0.15, -0.1) is 0 Å². The molecule has 9 aliphatic carbocycles. The second kappa shape index (κ2) is 17.9. The molecule has 0 spiro atoms. The van der Waals surface area contributed by atoms with Gasteiger partial charge in [0.1, 0.15) is 0 Å². The minimum Gasteiger partial charge on any atom is -0.0842 e. The Balaban J connectivity index is 1.08. The Morgan fingerprint density at radius 1 is 0.426 bits per heavy atom. The van der Waals surface area contributed by atoms with E-state index in [1.54, 1.807) is 11.1 Å². The van der Waals surface area contributed by atoms with Crippen molar-refractivity contribution in [1.82, 2.24) is 0 Å². The Kier molecular flexibility index (Phi) is 10.9. The van der Waals surface area contributed by atoms with Crippen LogP contribution in [0.4, 0.5) is 0 Å². The van der Waals surface area contributed by atoms with Crippen molar-refractivity contribution in [2.75, 3.05) is 0 Å². The molecule has 13 rings (SSSR count). The third-order valence-corrected chi connectivity index (χ3v) is 16.8. The Morgan fingerprint density at radius 3 is 1.71 bits per heavy atom. The van der Waals surface area contributed by atoms with Crippen LogP contribution in [0.25, 0.3) is 49.5 Å². The molecule has 4 aromatic rings. The first-order valence-corrected chi connectivity index (χ1v) is 26.2. The van der Waals surface area contributed by atoms with E-state index in [1.165, 1.54) is 93.2 Å². The van der Waals surface area contributed by atoms with Crippen LogP contribution in [0.2, 0.25) is 0 Å². The number of fused-ring (bicyclic) bond motifs is 2. The summed E-state index contributed by atoms with van der Waals surface area (Å²) < 4.78 is 0. The number of rotatable bonds is 8. The Hall–Kier alpha value is -6.50. The molecule has 5 unspecified atom stereocenters. The van der Waals surface area contributed by atoms with E-state index >= 15 is 0 Å². The van der Waals surface area contributed by atoms with Crippen LogP contribution >= 0.6 is 0 Å². The Labute approximate surface area is 403 Å². The maximum absolute atomic E-state index is 2.75. The molecule has 0 saturated heterocycles. The van der Waals surface area contributed by atoms with E-state index in [9.17, 15) is 0 Å². The summed E-state index contributed by atoms with van der Waals surface area (Å²) in [4.78, 5) is 0. The molecule has 0 amide bonds. The first-order chi connectivity index (χ1) is 33.7. The van der Waals surface area contributed by atoms with E-state index in [2.05, 4.69) is 188 Å². The van der Waals surface area contributed by atoms with E-state index in [0.717, 1.165) is 83.5 Å². The number of benzene rings is 4. The van der Waals surface area contributed by atoms with Gasteiger partial charge in [0.15, 0.2) is 0 Å². The molecular weight excluding hydrogens is 817 g/mol. The highest BCUT2D eigenvalue weighted by Gasteiger charge is 2.33. The van der Waals surface area contributed by atoms with Crippen LogP contribution in [0.1, 0.15) is 105 Å². The van der Waals surface area contributed by atoms with E-state index < -0.39 is 0 Å². The summed E-state index contributed by atoms with van der Waals surface area (Å²) in [6.07, 6.45) is 74.2. The molecule has 9 aliphatic rings. The second-order valence-electron chi connectivity index (χ2n) is 20.8. The summed E-state index contributed by atoms with van der Waals surface area (Å²) >= 11 is 0. The molecule has 0 heterocycles. The SMILES string of the molecule is C1=CCCC(C2=CC=CCC2c2cc3cc(C4=CCCC=C4C4C=CC=CC4)cc4c5c6c(cc(C7=CCCC=C7C7C=CC=CC7)cc6c(c2)c34)=CC(C2CC=CC=C2C2=CC=CCC2)C5)=C1. The van der Waals surface area contributed by atoms with E-state index in [0.29, 0.717) is 29.6 Å². The van der Waals surface area contributed by atoms with E-state index in [4.69, 9.17) is 0 Å². The summed E-state index contributed by atoms with van der Waals surface area (Å²) in [6, 6.07) is 15.8. The van der Waals surface area contributed by atoms with Gasteiger partial charge >= 0.3 is 0 Å². The fourth-order valence-electron chi connectivity index (χ4n) is 13.6. The fraction of sp³-hybridized carbons (Fsp3) is 0.265. The molecule has 0 N–H and O–H groups in total. The van der Waals surface area contributed by atoms with Crippen LogP contribution in [0.5, 0.6) is 0 Å². The Bertz CT molecular complexity index is 3370. The maximum atomic E-state index is 2.75. The molecule has 0 aromatic heterocycles. The summed E-state index contributed by atoms with van der Waals surface area (Å²) in [7, 11) is 0. The molecular formula is C68H62. The van der Waals surface area contributed by atoms with Gasteiger partial charge in [0.25, 0.3) is 0 Å². The molecule has 0 radical (unpaired) electrons. The van der Waals surface area contributed by atoms with Crippen molar-refractivity contribution in [3.63, 3.8) is 0 Å². The smallest absolute Gasteiger partial charge is 0.0127 e. The van der Waals surface area contributed by atoms with E-state index in [-0.39, 0.29) is 0 Å². The highest BCUT2D eigenvalue weighted by molar-refractivity contribution is 6.25. The third-order valence-electron chi connectivity index (χ3n) is 16.8. The first kappa shape index (κ1) is 41.7. The van der Waals surface area contributed by atoms with Gasteiger partial charge in [0.2, 0.25) is 0 Å². The summed E-state index contributed by atoms with van der Waals surface area (Å²) in [6.45, 7) is 0. The van der Waals surface area contributed by atoms with Gasteiger partial charge in [-0.2, -0.15) is 0 Å². The van der Waals surface area contributed by atoms with Crippen molar-refractivity contribution < 1.29 is 0 Å². The van der Waals surface area contributed by atoms with Crippen LogP contribution in [0.3, 0.4) is 0 Å². The van der Waals surface area contributed by atoms with Gasteiger partial charge < -0.3 is 0 Å². The first-order valence-electron chi connectivity index (χ1n) is 26.2. The minimum atomic E-state index is 0.310. The monoisotopic (exact) mass is 878 g/mol. The fourth-order valence-corrected chi connectivity index (χ4v) is 13.6. The Morgan fingerprint density at radius 2 is 1.03 bits per heavy atom. The van der Waals surface area contributed by atoms with E-state index in [1.807, 2.05) is 0 Å². The van der Waals surface area contributed by atoms with Crippen LogP contribution < -0.4 is 5.22 Å². The van der Waals surface area contributed by atoms with Crippen molar-refractivity contribution in [2.24, 2.45) is 23.7 Å². The van der Waals surface area contributed by atoms with Crippen molar-refractivity contribution >= 4 is 49.5 Å². The molecule has 0 aliphatic heterocycles. The number of hydrogen-bond acceptors (Lipinski definition) is 0. The van der Waals surface area contributed by atoms with Crippen LogP contribution in [0, 0.1) is 23.7 Å². The van der Waals surface area contributed by atoms with Crippen molar-refractivity contribution in [1.29, 1.82) is 0 Å². The van der Waals surface area contributed by atoms with Crippen LogP contribution in [-0.2, 0) is 6.42 Å². The molecule has 0 nitrogen and oxygen atoms in total. The van der Waals surface area contributed by atoms with Gasteiger partial charge in [-0.25, -0.2) is 0 Å². The van der Waals surface area contributed by atoms with Crippen molar-refractivity contribution in [2.45, 2.75) is 89.4 Å². The average molecular weight is 879 g/mol. The molecule has 334 valence electrons. The van der Waals surface area contributed by atoms with Gasteiger partial charge in [-0.05, 0) is 230 Å². The zero-order chi connectivity index (χ0) is 45.0. The third kappa shape index (κ3) is 7.43. The minimum absolute atomic E-state index is 0.310. The summed E-state index contributed by atoms with van der Waals surface area (Å²) in [5.74, 6) is 1.95. The predicted molar refractivity (Wildman–Crippen MR) is 292 cm³/mol. The largest absolute Gasteiger partial charge is 0.0842 e. The zero-order valence-corrected chi connectivity index (χ0v) is 39.5. The highest BCUT2D eigenvalue weighted by atomic mass is 14.4. The molecule has 5 atom stereocenters. The number of allylic oxidation sites excluding steroid dienone is 32. The molecule has 0 heteroatoms. The van der Waals surface area contributed by atoms with Crippen LogP contribution in [-0.4, -0.2) is 0 Å². The summed E-state index contributed by atoms with van der Waals surface area (Å²) in [5.41, 5.74) is 17.8. The molecule has 0 bridgehead atoms. The number of hydrogen-bond donors (Lipinski definition) is 0. The molecule has 68 heavy (non-hydrogen) atoms. The molecule has 0 saturated carbocycles. The maximum Gasteiger partial charge on any atom is 0.0127 e. The topological polar surface area (TPSA) is 0 Å². The second-order valence-corrected chi connectivity index (χ2v) is 20.8. The lowest BCUT2D eigenvalue weighted by molar-refractivity contribution is 0.473. The summed E-state index contributed by atoms with van der Waals surface area (Å²) in [5, 5.41) is 10.1. The highest BCUT2D eigenvalue weighted by Crippen LogP contribution is 2.49. The lowest BCUT2D eigenvalue weighted by Crippen LogP contribution is -2.26.